The molecule has 3 heterocycles. The summed E-state index contributed by atoms with van der Waals surface area (Å²) >= 11 is 1.03. The number of rotatable bonds is 79. The molecule has 47 heteroatoms. The van der Waals surface area contributed by atoms with Crippen LogP contribution in [0.25, 0.3) is 0 Å². The van der Waals surface area contributed by atoms with Crippen LogP contribution in [-0.2, 0) is 126 Å². The molecule has 46 nitrogen and oxygen atoms in total. The smallest absolute Gasteiger partial charge is 0.306 e. The number of unbranched alkanes of at least 4 members (excludes halogenated alkanes) is 1. The Labute approximate surface area is 857 Å². The second-order valence-electron chi connectivity index (χ2n) is 36.8. The highest BCUT2D eigenvalue weighted by molar-refractivity contribution is 7.09. The summed E-state index contributed by atoms with van der Waals surface area (Å²) in [7, 11) is 5.15. The first-order valence-corrected chi connectivity index (χ1v) is 51.1. The normalized spacial score (nSPS) is 14.2. The molecule has 4 rings (SSSR count). The van der Waals surface area contributed by atoms with Gasteiger partial charge in [0.2, 0.25) is 70.9 Å². The predicted octanol–water partition coefficient (Wildman–Crippen LogP) is 2.97. The van der Waals surface area contributed by atoms with Gasteiger partial charge in [0.05, 0.1) is 17.1 Å². The number of likely N-dealkylation sites (N-methyl/N-ethyl adjacent to an activating group) is 2. The lowest BCUT2D eigenvalue weighted by molar-refractivity contribution is -0.149. The first-order chi connectivity index (χ1) is 69.5. The van der Waals surface area contributed by atoms with Gasteiger partial charge in [-0.15, -0.1) is 11.3 Å². The number of imide groups is 2. The highest BCUT2D eigenvalue weighted by atomic mass is 32.1. The van der Waals surface area contributed by atoms with Gasteiger partial charge in [-0.1, -0.05) is 47.1 Å². The van der Waals surface area contributed by atoms with Crippen LogP contribution in [-0.4, -0.2) is 340 Å². The number of amides is 17. The molecule has 17 amide bonds. The monoisotopic (exact) mass is 2080 g/mol. The van der Waals surface area contributed by atoms with Gasteiger partial charge in [-0.3, -0.25) is 111 Å². The zero-order valence-electron chi connectivity index (χ0n) is 86.4. The minimum atomic E-state index is -1.90. The van der Waals surface area contributed by atoms with Crippen molar-refractivity contribution in [3.8, 4) is 5.75 Å². The number of phenolic OH excluding ortho intramolecular Hbond substituents is 1. The van der Waals surface area contributed by atoms with Crippen LogP contribution in [0.4, 0.5) is 5.69 Å². The van der Waals surface area contributed by atoms with Gasteiger partial charge in [0.15, 0.2) is 6.10 Å². The van der Waals surface area contributed by atoms with Crippen LogP contribution in [0.5, 0.6) is 5.75 Å². The number of phenols is 1. The lowest BCUT2D eigenvalue weighted by Crippen LogP contribution is -2.63. The van der Waals surface area contributed by atoms with Crippen molar-refractivity contribution in [3.05, 3.63) is 64.1 Å². The zero-order valence-corrected chi connectivity index (χ0v) is 87.2. The van der Waals surface area contributed by atoms with Crippen LogP contribution in [0, 0.1) is 17.8 Å². The molecule has 0 unspecified atom stereocenters. The molecule has 0 spiro atoms. The fourth-order valence-corrected chi connectivity index (χ4v) is 15.7. The van der Waals surface area contributed by atoms with E-state index in [1.54, 1.807) is 44.8 Å². The third kappa shape index (κ3) is 49.7. The summed E-state index contributed by atoms with van der Waals surface area (Å²) in [4.78, 5) is 273. The van der Waals surface area contributed by atoms with E-state index in [0.717, 1.165) is 45.4 Å². The second kappa shape index (κ2) is 69.7. The number of anilines is 1. The number of esters is 1. The first-order valence-electron chi connectivity index (χ1n) is 50.2. The van der Waals surface area contributed by atoms with Crippen LogP contribution < -0.4 is 63.8 Å². The van der Waals surface area contributed by atoms with Crippen molar-refractivity contribution >= 4 is 135 Å². The van der Waals surface area contributed by atoms with Crippen molar-refractivity contribution < 1.29 is 140 Å². The summed E-state index contributed by atoms with van der Waals surface area (Å²) in [6, 6.07) is -3.06. The number of hydrogen-bond donors (Lipinski definition) is 15. The molecule has 2 aliphatic rings. The van der Waals surface area contributed by atoms with Crippen molar-refractivity contribution in [3.63, 3.8) is 0 Å². The van der Waals surface area contributed by atoms with Crippen LogP contribution in [0.2, 0.25) is 0 Å². The second-order valence-corrected chi connectivity index (χ2v) is 37.7. The molecule has 0 saturated carbocycles. The summed E-state index contributed by atoms with van der Waals surface area (Å²) in [6.07, 6.45) is 6.23. The lowest BCUT2D eigenvalue weighted by atomic mass is 9.92. The number of aromatic hydroxyl groups is 1. The van der Waals surface area contributed by atoms with Gasteiger partial charge >= 0.3 is 17.9 Å². The number of carboxylic acid groups (broad SMARTS) is 2. The highest BCUT2D eigenvalue weighted by Crippen LogP contribution is 2.33. The standard InChI is InChI=1S/C99H155N17O29S/c1-13-65(5)88(112-98(139)99(8,9)113(10)11)96(136)114(12)73(64(3)4)61-75(145-67(7)117)95-109-72(63-146-95)92(133)106-69(58-66(6)97(137)138)59-68-36-37-74(118)71(60-68)108-79(122)30-17-43-103-91(132)70(28-15-16-42-102-82(125)62-144-57-27-56-140-14-2)107-78(121)29-18-44-104-93(134)89(110-80(123)31-19-48-115-83(126)38-39-84(115)127)90(111-81(124)32-20-49-116-85(128)40-41-86(116)129)94(135)105-47-26-55-142-51-22-34-77(120)100-45-24-53-141-50-21-33-76(119)101-46-25-54-143-52-23-35-87(130)131/h36-41,60,63-66,69-70,73,75,88-90,118H,13-35,42-59,61-62H2,1-12H3,(H,100,120)(H,101,119)(H,102,125)(H,103,132)(H,104,134)(H,105,135)(H,106,133)(H,107,121)(H,108,122)(H,110,123)(H,111,124)(H,112,139)(H,130,131)(H,137,138)/t65-,66-,69+,70-,73+,75+,88-,89+,90+/m0/s1. The number of carbonyl (C=O) groups is 20. The Bertz CT molecular complexity index is 4630. The number of benzene rings is 1. The van der Waals surface area contributed by atoms with Crippen LogP contribution >= 0.6 is 11.3 Å². The summed E-state index contributed by atoms with van der Waals surface area (Å²) in [5.41, 5.74) is -0.631. The molecule has 1 aromatic heterocycles. The van der Waals surface area contributed by atoms with Gasteiger partial charge in [-0.2, -0.15) is 0 Å². The van der Waals surface area contributed by atoms with E-state index in [4.69, 9.17) is 33.5 Å². The van der Waals surface area contributed by atoms with E-state index in [0.29, 0.717) is 110 Å². The molecular weight excluding hydrogens is 1920 g/mol. The number of nitrogens with zero attached hydrogens (tertiary/aromatic N) is 5. The molecule has 146 heavy (non-hydrogen) atoms. The Morgan fingerprint density at radius 2 is 0.959 bits per heavy atom. The number of aromatic nitrogens is 1. The Balaban J connectivity index is 1.44. The number of hydrogen-bond acceptors (Lipinski definition) is 30. The number of nitrogens with one attached hydrogen (secondary N) is 12. The van der Waals surface area contributed by atoms with E-state index in [1.165, 1.54) is 37.4 Å². The third-order valence-electron chi connectivity index (χ3n) is 24.0. The summed E-state index contributed by atoms with van der Waals surface area (Å²) in [5, 5.41) is 64.1. The van der Waals surface area contributed by atoms with E-state index in [-0.39, 0.29) is 226 Å². The Morgan fingerprint density at radius 3 is 1.47 bits per heavy atom. The fraction of sp³-hybridized carbons (Fsp3) is 0.667. The molecule has 1 aromatic carbocycles. The molecule has 0 bridgehead atoms. The van der Waals surface area contributed by atoms with Gasteiger partial charge in [0, 0.05) is 219 Å². The average Bonchev–Trinajstić information content (AvgIpc) is 1.42. The number of ether oxygens (including phenoxy) is 6. The Kier molecular flexibility index (Phi) is 60.1. The van der Waals surface area contributed by atoms with Gasteiger partial charge in [0.1, 0.15) is 47.2 Å². The molecular formula is C99H155N17O29S. The maximum absolute atomic E-state index is 14.6. The van der Waals surface area contributed by atoms with Gasteiger partial charge in [-0.25, -0.2) is 4.98 Å². The maximum Gasteiger partial charge on any atom is 0.306 e. The third-order valence-corrected chi connectivity index (χ3v) is 25.0. The highest BCUT2D eigenvalue weighted by Gasteiger charge is 2.41. The molecule has 0 aliphatic carbocycles. The minimum Gasteiger partial charge on any atom is -0.506 e. The number of thiazole rings is 1. The van der Waals surface area contributed by atoms with Crippen molar-refractivity contribution in [1.29, 1.82) is 0 Å². The van der Waals surface area contributed by atoms with Crippen molar-refractivity contribution in [1.82, 2.24) is 83.1 Å². The van der Waals surface area contributed by atoms with Crippen LogP contribution in [0.3, 0.4) is 0 Å². The quantitative estimate of drug-likeness (QED) is 0.0196. The van der Waals surface area contributed by atoms with Gasteiger partial charge < -0.3 is 112 Å². The Hall–Kier alpha value is -12.3. The van der Waals surface area contributed by atoms with Gasteiger partial charge in [0.25, 0.3) is 29.5 Å². The van der Waals surface area contributed by atoms with Gasteiger partial charge in [-0.05, 0) is 167 Å². The van der Waals surface area contributed by atoms with E-state index >= 15 is 0 Å². The minimum absolute atomic E-state index is 0.0187. The molecule has 0 radical (unpaired) electrons. The zero-order chi connectivity index (χ0) is 108. The molecule has 0 saturated heterocycles. The van der Waals surface area contributed by atoms with E-state index in [1.807, 2.05) is 34.6 Å². The summed E-state index contributed by atoms with van der Waals surface area (Å²) in [6.45, 7) is 18.3. The first kappa shape index (κ1) is 126. The molecule has 0 fully saturated rings. The largest absolute Gasteiger partial charge is 0.506 e. The maximum atomic E-state index is 14.6. The van der Waals surface area contributed by atoms with Crippen molar-refractivity contribution in [2.75, 3.05) is 145 Å². The summed E-state index contributed by atoms with van der Waals surface area (Å²) in [5.74, 6) is -14.8. The van der Waals surface area contributed by atoms with Crippen LogP contribution in [0.15, 0.2) is 47.9 Å². The summed E-state index contributed by atoms with van der Waals surface area (Å²) < 4.78 is 33.3. The SMILES string of the molecule is CCOCCCOCC(=O)NCCCC[C@H](NC(=O)CCCNC(=O)[C@H](NC(=O)CCCN1C(=O)C=CC1=O)[C@@H](NC(=O)CCCN1C(=O)C=CC1=O)C(=O)NCCCOCCCC(=O)NCCCOCCCC(=O)NCCCOCCCC(=O)O)C(=O)NCCCC(=O)Nc1cc(C[C@@H](C[C@H](C)C(=O)O)NC(=O)c2csc([C@@H](C[C@H](C(C)C)N(C)C(=O)[C@@H](NC(=O)C(C)(C)N(C)C)[C@@H](C)CC)OC(C)=O)n2)ccc1O. The lowest BCUT2D eigenvalue weighted by Gasteiger charge is -2.38. The van der Waals surface area contributed by atoms with E-state index in [9.17, 15) is 106 Å². The molecule has 2 aromatic rings. The number of carboxylic acids is 2. The average molecular weight is 2080 g/mol. The molecule has 9 atom stereocenters. The Morgan fingerprint density at radius 1 is 0.493 bits per heavy atom. The van der Waals surface area contributed by atoms with Crippen molar-refractivity contribution in [2.24, 2.45) is 17.8 Å². The number of aliphatic carboxylic acids is 2. The van der Waals surface area contributed by atoms with Crippen molar-refractivity contribution in [2.45, 2.75) is 271 Å². The molecule has 2 aliphatic heterocycles. The van der Waals surface area contributed by atoms with E-state index < -0.39 is 155 Å². The topological polar surface area (TPSA) is 628 Å². The predicted molar refractivity (Wildman–Crippen MR) is 535 cm³/mol. The molecule has 15 N–H and O–H groups in total. The van der Waals surface area contributed by atoms with Crippen LogP contribution in [0.1, 0.15) is 244 Å². The fourth-order valence-electron chi connectivity index (χ4n) is 14.9. The molecule has 816 valence electrons. The number of carbonyl (C=O) groups excluding carboxylic acids is 18. The van der Waals surface area contributed by atoms with E-state index in [2.05, 4.69) is 68.8 Å².